The Morgan fingerprint density at radius 1 is 0.861 bits per heavy atom. The third-order valence-corrected chi connectivity index (χ3v) is 6.93. The Hall–Kier alpha value is -3.29. The number of hydrogen-bond donors (Lipinski definition) is 3. The average Bonchev–Trinajstić information content (AvgIpc) is 3.44. The van der Waals surface area contributed by atoms with Crippen molar-refractivity contribution in [1.29, 1.82) is 0 Å². The fourth-order valence-corrected chi connectivity index (χ4v) is 4.70. The Kier molecular flexibility index (Phi) is 9.41. The quantitative estimate of drug-likeness (QED) is 0.262. The molecule has 0 bridgehead atoms. The van der Waals surface area contributed by atoms with Crippen LogP contribution in [0, 0.1) is 0 Å². The molecule has 0 radical (unpaired) electrons. The van der Waals surface area contributed by atoms with Crippen molar-refractivity contribution in [2.45, 2.75) is 31.7 Å². The minimum atomic E-state index is -0.744. The zero-order chi connectivity index (χ0) is 25.2. The Labute approximate surface area is 219 Å². The predicted octanol–water partition coefficient (Wildman–Crippen LogP) is 5.25. The van der Waals surface area contributed by atoms with Gasteiger partial charge in [-0.3, -0.25) is 9.10 Å². The van der Waals surface area contributed by atoms with Crippen LogP contribution in [0.1, 0.15) is 24.8 Å². The first-order chi connectivity index (χ1) is 17.6. The lowest BCUT2D eigenvalue weighted by molar-refractivity contribution is -0.124. The van der Waals surface area contributed by atoms with Crippen LogP contribution in [-0.2, 0) is 11.2 Å². The molecule has 36 heavy (non-hydrogen) atoms. The first-order valence-electron chi connectivity index (χ1n) is 12.6. The molecule has 0 spiro atoms. The van der Waals surface area contributed by atoms with Crippen LogP contribution in [0.3, 0.4) is 0 Å². The third kappa shape index (κ3) is 7.35. The zero-order valence-electron chi connectivity index (χ0n) is 20.5. The van der Waals surface area contributed by atoms with Gasteiger partial charge in [0.1, 0.15) is 6.04 Å². The van der Waals surface area contributed by atoms with Crippen LogP contribution in [0.2, 0.25) is 0 Å². The van der Waals surface area contributed by atoms with Crippen LogP contribution in [0.25, 0.3) is 11.1 Å². The largest absolute Gasteiger partial charge is 0.354 e. The number of urea groups is 1. The molecule has 1 unspecified atom stereocenters. The molecule has 2 N–H and O–H groups in total. The summed E-state index contributed by atoms with van der Waals surface area (Å²) in [6.45, 7) is 3.83. The van der Waals surface area contributed by atoms with Gasteiger partial charge >= 0.3 is 6.03 Å². The summed E-state index contributed by atoms with van der Waals surface area (Å²) < 4.78 is 1.20. The van der Waals surface area contributed by atoms with Crippen LogP contribution < -0.4 is 10.6 Å². The Bertz CT molecular complexity index is 1100. The molecule has 6 nitrogen and oxygen atoms in total. The molecule has 0 aliphatic carbocycles. The lowest BCUT2D eigenvalue weighted by atomic mass is 10.1. The lowest BCUT2D eigenvalue weighted by Crippen LogP contribution is -2.48. The summed E-state index contributed by atoms with van der Waals surface area (Å²) in [6.07, 6.45) is 3.77. The summed E-state index contributed by atoms with van der Waals surface area (Å²) in [7, 11) is 0. The van der Waals surface area contributed by atoms with Gasteiger partial charge in [-0.15, -0.1) is 0 Å². The number of hydrogen-bond acceptors (Lipinski definition) is 4. The highest BCUT2D eigenvalue weighted by Crippen LogP contribution is 2.22. The topological polar surface area (TPSA) is 64.7 Å². The first-order valence-corrected chi connectivity index (χ1v) is 13.0. The van der Waals surface area contributed by atoms with Crippen LogP contribution in [0.15, 0.2) is 84.9 Å². The van der Waals surface area contributed by atoms with E-state index in [2.05, 4.69) is 28.3 Å². The summed E-state index contributed by atoms with van der Waals surface area (Å²) >= 11 is 4.47. The number of benzene rings is 3. The maximum Gasteiger partial charge on any atom is 0.332 e. The minimum absolute atomic E-state index is 0.204. The van der Waals surface area contributed by atoms with Crippen molar-refractivity contribution in [3.63, 3.8) is 0 Å². The first kappa shape index (κ1) is 25.8. The van der Waals surface area contributed by atoms with E-state index in [0.29, 0.717) is 18.7 Å². The molecule has 4 rings (SSSR count). The molecule has 0 aromatic heterocycles. The molecule has 1 aliphatic heterocycles. The summed E-state index contributed by atoms with van der Waals surface area (Å²) in [5.41, 5.74) is 3.78. The van der Waals surface area contributed by atoms with Crippen molar-refractivity contribution in [2.75, 3.05) is 31.5 Å². The lowest BCUT2D eigenvalue weighted by Gasteiger charge is -2.26. The van der Waals surface area contributed by atoms with Gasteiger partial charge in [0.2, 0.25) is 5.91 Å². The summed E-state index contributed by atoms with van der Waals surface area (Å²) in [5, 5.41) is 5.89. The number of amides is 3. The fourth-order valence-electron chi connectivity index (χ4n) is 4.46. The van der Waals surface area contributed by atoms with Gasteiger partial charge < -0.3 is 15.5 Å². The van der Waals surface area contributed by atoms with Gasteiger partial charge in [-0.2, -0.15) is 0 Å². The van der Waals surface area contributed by atoms with Crippen molar-refractivity contribution in [3.8, 4) is 11.1 Å². The van der Waals surface area contributed by atoms with E-state index < -0.39 is 12.1 Å². The predicted molar refractivity (Wildman–Crippen MR) is 149 cm³/mol. The van der Waals surface area contributed by atoms with Gasteiger partial charge in [0.15, 0.2) is 0 Å². The van der Waals surface area contributed by atoms with Gasteiger partial charge in [0.05, 0.1) is 0 Å². The standard InChI is InChI=1S/C29H34N4O2S/c34-28(30-18-9-21-32-19-7-8-20-32)27(22-23-10-3-1-4-11-23)33(36)29(35)31-26-16-14-25(15-17-26)24-12-5-2-6-13-24/h1-6,10-17,27,36H,7-9,18-22H2,(H,30,34)(H,31,35). The van der Waals surface area contributed by atoms with Crippen molar-refractivity contribution in [2.24, 2.45) is 0 Å². The highest BCUT2D eigenvalue weighted by Gasteiger charge is 2.28. The maximum atomic E-state index is 13.1. The minimum Gasteiger partial charge on any atom is -0.354 e. The number of nitrogens with one attached hydrogen (secondary N) is 2. The summed E-state index contributed by atoms with van der Waals surface area (Å²) in [4.78, 5) is 28.6. The van der Waals surface area contributed by atoms with E-state index in [1.165, 1.54) is 17.1 Å². The molecule has 3 aromatic carbocycles. The second-order valence-electron chi connectivity index (χ2n) is 9.12. The molecular weight excluding hydrogens is 468 g/mol. The van der Waals surface area contributed by atoms with Gasteiger partial charge in [-0.05, 0) is 67.7 Å². The molecular formula is C29H34N4O2S. The number of anilines is 1. The molecule has 1 atom stereocenters. The summed E-state index contributed by atoms with van der Waals surface area (Å²) in [6, 6.07) is 26.2. The molecule has 1 aliphatic rings. The molecule has 7 heteroatoms. The molecule has 1 saturated heterocycles. The fraction of sp³-hybridized carbons (Fsp3) is 0.310. The second-order valence-corrected chi connectivity index (χ2v) is 9.55. The van der Waals surface area contributed by atoms with E-state index in [1.54, 1.807) is 0 Å². The molecule has 1 heterocycles. The number of thiol groups is 1. The van der Waals surface area contributed by atoms with Gasteiger partial charge in [0, 0.05) is 18.7 Å². The molecule has 1 fully saturated rings. The van der Waals surface area contributed by atoms with Crippen LogP contribution in [0.4, 0.5) is 10.5 Å². The smallest absolute Gasteiger partial charge is 0.332 e. The van der Waals surface area contributed by atoms with E-state index in [4.69, 9.17) is 0 Å². The molecule has 188 valence electrons. The van der Waals surface area contributed by atoms with E-state index in [9.17, 15) is 9.59 Å². The van der Waals surface area contributed by atoms with Crippen molar-refractivity contribution < 1.29 is 9.59 Å². The van der Waals surface area contributed by atoms with Gasteiger partial charge in [-0.25, -0.2) is 4.79 Å². The SMILES string of the molecule is O=C(NCCCN1CCCC1)C(Cc1ccccc1)N(S)C(=O)Nc1ccc(-c2ccccc2)cc1. The van der Waals surface area contributed by atoms with E-state index in [0.717, 1.165) is 42.7 Å². The summed E-state index contributed by atoms with van der Waals surface area (Å²) in [5.74, 6) is -0.204. The van der Waals surface area contributed by atoms with Gasteiger partial charge in [0.25, 0.3) is 0 Å². The van der Waals surface area contributed by atoms with E-state index >= 15 is 0 Å². The Morgan fingerprint density at radius 2 is 1.47 bits per heavy atom. The van der Waals surface area contributed by atoms with Crippen LogP contribution >= 0.6 is 12.8 Å². The number of nitrogens with zero attached hydrogens (tertiary/aromatic N) is 2. The zero-order valence-corrected chi connectivity index (χ0v) is 21.4. The number of carbonyl (C=O) groups excluding carboxylic acids is 2. The van der Waals surface area contributed by atoms with Crippen LogP contribution in [0.5, 0.6) is 0 Å². The highest BCUT2D eigenvalue weighted by molar-refractivity contribution is 7.78. The molecule has 3 aromatic rings. The maximum absolute atomic E-state index is 13.1. The van der Waals surface area contributed by atoms with Crippen LogP contribution in [-0.4, -0.2) is 53.4 Å². The molecule has 3 amide bonds. The third-order valence-electron chi connectivity index (χ3n) is 6.47. The van der Waals surface area contributed by atoms with E-state index in [1.807, 2.05) is 84.9 Å². The number of rotatable bonds is 10. The highest BCUT2D eigenvalue weighted by atomic mass is 32.1. The second kappa shape index (κ2) is 13.1. The molecule has 0 saturated carbocycles. The van der Waals surface area contributed by atoms with E-state index in [-0.39, 0.29) is 5.91 Å². The van der Waals surface area contributed by atoms with Crippen molar-refractivity contribution >= 4 is 30.4 Å². The number of likely N-dealkylation sites (tertiary alicyclic amines) is 1. The Morgan fingerprint density at radius 3 is 2.14 bits per heavy atom. The van der Waals surface area contributed by atoms with Crippen molar-refractivity contribution in [1.82, 2.24) is 14.5 Å². The van der Waals surface area contributed by atoms with Crippen molar-refractivity contribution in [3.05, 3.63) is 90.5 Å². The van der Waals surface area contributed by atoms with Gasteiger partial charge in [-0.1, -0.05) is 85.6 Å². The average molecular weight is 503 g/mol. The number of carbonyl (C=O) groups is 2. The monoisotopic (exact) mass is 502 g/mol. The Balaban J connectivity index is 1.37. The normalized spacial score (nSPS) is 14.2.